The number of hydrogen-bond acceptors (Lipinski definition) is 2. The lowest BCUT2D eigenvalue weighted by molar-refractivity contribution is -0.130. The highest BCUT2D eigenvalue weighted by atomic mass is 16.2. The van der Waals surface area contributed by atoms with Crippen molar-refractivity contribution in [1.82, 2.24) is 5.32 Å². The maximum atomic E-state index is 12.5. The van der Waals surface area contributed by atoms with Crippen molar-refractivity contribution in [3.63, 3.8) is 0 Å². The van der Waals surface area contributed by atoms with E-state index in [0.29, 0.717) is 11.8 Å². The third-order valence-corrected chi connectivity index (χ3v) is 5.25. The summed E-state index contributed by atoms with van der Waals surface area (Å²) in [6, 6.07) is -0.368. The fraction of sp³-hybridized carbons (Fsp3) is 0.905. The summed E-state index contributed by atoms with van der Waals surface area (Å²) in [5, 5.41) is 3.01. The first-order valence-corrected chi connectivity index (χ1v) is 10.0. The summed E-state index contributed by atoms with van der Waals surface area (Å²) < 4.78 is 0. The molecule has 0 aromatic carbocycles. The van der Waals surface area contributed by atoms with E-state index in [9.17, 15) is 9.59 Å². The van der Waals surface area contributed by atoms with E-state index in [1.807, 2.05) is 48.5 Å². The number of carbonyl (C=O) groups is 2. The van der Waals surface area contributed by atoms with Gasteiger partial charge in [0.05, 0.1) is 6.04 Å². The summed E-state index contributed by atoms with van der Waals surface area (Å²) in [6.45, 7) is 17.8. The number of amides is 1. The minimum Gasteiger partial charge on any atom is -0.346 e. The average Bonchev–Trinajstić information content (AvgIpc) is 2.95. The smallest absolute Gasteiger partial charge is 0.224 e. The van der Waals surface area contributed by atoms with Crippen LogP contribution in [0.4, 0.5) is 0 Å². The number of ketones is 1. The van der Waals surface area contributed by atoms with Gasteiger partial charge in [0.15, 0.2) is 5.78 Å². The molecule has 0 radical (unpaired) electrons. The quantitative estimate of drug-likeness (QED) is 0.762. The Hall–Kier alpha value is -0.860. The Balaban J connectivity index is 0.00000123. The first-order valence-electron chi connectivity index (χ1n) is 10.0. The maximum absolute atomic E-state index is 12.5. The van der Waals surface area contributed by atoms with E-state index >= 15 is 0 Å². The highest BCUT2D eigenvalue weighted by Gasteiger charge is 2.55. The second kappa shape index (κ2) is 10.2. The molecule has 0 saturated heterocycles. The van der Waals surface area contributed by atoms with Gasteiger partial charge in [-0.2, -0.15) is 0 Å². The van der Waals surface area contributed by atoms with Crippen LogP contribution < -0.4 is 5.32 Å². The highest BCUT2D eigenvalue weighted by Crippen LogP contribution is 2.55. The van der Waals surface area contributed by atoms with Crippen LogP contribution in [0.25, 0.3) is 0 Å². The van der Waals surface area contributed by atoms with Crippen LogP contribution in [0.5, 0.6) is 0 Å². The molecule has 0 bridgehead atoms. The minimum atomic E-state index is -0.368. The molecule has 142 valence electrons. The molecule has 2 aliphatic rings. The van der Waals surface area contributed by atoms with Crippen LogP contribution in [-0.4, -0.2) is 17.7 Å². The van der Waals surface area contributed by atoms with Gasteiger partial charge in [0.25, 0.3) is 0 Å². The second-order valence-electron chi connectivity index (χ2n) is 7.93. The minimum absolute atomic E-state index is 0.0524. The molecular formula is C21H41NO2. The Labute approximate surface area is 150 Å². The van der Waals surface area contributed by atoms with E-state index in [-0.39, 0.29) is 29.1 Å². The van der Waals surface area contributed by atoms with Crippen LogP contribution in [0, 0.1) is 29.1 Å². The van der Waals surface area contributed by atoms with Crippen molar-refractivity contribution in [1.29, 1.82) is 0 Å². The van der Waals surface area contributed by atoms with Crippen molar-refractivity contribution in [2.45, 2.75) is 94.0 Å². The normalized spacial score (nSPS) is 27.1. The van der Waals surface area contributed by atoms with Crippen LogP contribution in [0.1, 0.15) is 88.0 Å². The molecule has 0 spiro atoms. The third kappa shape index (κ3) is 5.89. The molecule has 1 N–H and O–H groups in total. The number of hydrogen-bond donors (Lipinski definition) is 1. The lowest BCUT2D eigenvalue weighted by Crippen LogP contribution is -2.49. The summed E-state index contributed by atoms with van der Waals surface area (Å²) in [5.74, 6) is 2.09. The van der Waals surface area contributed by atoms with Gasteiger partial charge < -0.3 is 5.32 Å². The van der Waals surface area contributed by atoms with Gasteiger partial charge in [-0.25, -0.2) is 0 Å². The van der Waals surface area contributed by atoms with Crippen molar-refractivity contribution in [2.24, 2.45) is 29.1 Å². The topological polar surface area (TPSA) is 46.2 Å². The van der Waals surface area contributed by atoms with Gasteiger partial charge >= 0.3 is 0 Å². The molecule has 2 saturated carbocycles. The van der Waals surface area contributed by atoms with Crippen LogP contribution in [0.3, 0.4) is 0 Å². The predicted octanol–water partition coefficient (Wildman–Crippen LogP) is 5.23. The Morgan fingerprint density at radius 2 is 1.46 bits per heavy atom. The zero-order valence-electron chi connectivity index (χ0n) is 17.5. The summed E-state index contributed by atoms with van der Waals surface area (Å²) >= 11 is 0. The molecular weight excluding hydrogens is 298 g/mol. The Morgan fingerprint density at radius 1 is 1.00 bits per heavy atom. The predicted molar refractivity (Wildman–Crippen MR) is 103 cm³/mol. The molecule has 0 aromatic rings. The molecule has 0 aliphatic heterocycles. The van der Waals surface area contributed by atoms with Crippen LogP contribution in [-0.2, 0) is 9.59 Å². The Morgan fingerprint density at radius 3 is 1.83 bits per heavy atom. The Kier molecular flexibility index (Phi) is 9.84. The molecule has 4 atom stereocenters. The first kappa shape index (κ1) is 23.1. The fourth-order valence-corrected chi connectivity index (χ4v) is 4.14. The van der Waals surface area contributed by atoms with Crippen molar-refractivity contribution in [3.05, 3.63) is 0 Å². The largest absolute Gasteiger partial charge is 0.346 e. The van der Waals surface area contributed by atoms with E-state index in [1.165, 1.54) is 25.7 Å². The lowest BCUT2D eigenvalue weighted by atomic mass is 9.84. The third-order valence-electron chi connectivity index (χ3n) is 5.25. The molecule has 1 amide bonds. The monoisotopic (exact) mass is 339 g/mol. The zero-order valence-corrected chi connectivity index (χ0v) is 17.5. The molecule has 0 aromatic heterocycles. The zero-order chi connectivity index (χ0) is 19.1. The van der Waals surface area contributed by atoms with Gasteiger partial charge in [0, 0.05) is 5.92 Å². The van der Waals surface area contributed by atoms with E-state index in [0.717, 1.165) is 5.92 Å². The summed E-state index contributed by atoms with van der Waals surface area (Å²) in [5.41, 5.74) is -0.220. The SMILES string of the molecule is CC.CC.CC(=O)C(NC(=O)C1C(C)C1C1CCCC1)C(C)(C)C. The van der Waals surface area contributed by atoms with Gasteiger partial charge in [-0.15, -0.1) is 0 Å². The molecule has 0 heterocycles. The van der Waals surface area contributed by atoms with Gasteiger partial charge in [-0.1, -0.05) is 81.1 Å². The van der Waals surface area contributed by atoms with Crippen molar-refractivity contribution in [3.8, 4) is 0 Å². The second-order valence-corrected chi connectivity index (χ2v) is 7.93. The summed E-state index contributed by atoms with van der Waals surface area (Å²) in [7, 11) is 0. The summed E-state index contributed by atoms with van der Waals surface area (Å²) in [4.78, 5) is 24.3. The fourth-order valence-electron chi connectivity index (χ4n) is 4.14. The van der Waals surface area contributed by atoms with Crippen molar-refractivity contribution in [2.75, 3.05) is 0 Å². The van der Waals surface area contributed by atoms with Crippen LogP contribution in [0.2, 0.25) is 0 Å². The number of nitrogens with one attached hydrogen (secondary N) is 1. The highest BCUT2D eigenvalue weighted by molar-refractivity contribution is 5.90. The van der Waals surface area contributed by atoms with E-state index < -0.39 is 0 Å². The van der Waals surface area contributed by atoms with Gasteiger partial charge in [-0.05, 0) is 30.1 Å². The van der Waals surface area contributed by atoms with E-state index in [2.05, 4.69) is 12.2 Å². The van der Waals surface area contributed by atoms with E-state index in [1.54, 1.807) is 6.92 Å². The molecule has 24 heavy (non-hydrogen) atoms. The standard InChI is InChI=1S/C17H29NO2.2C2H6/c1-10-13(12-8-6-7-9-12)14(10)16(20)18-15(11(2)19)17(3,4)5;2*1-2/h10,12-15H,6-9H2,1-5H3,(H,18,20);2*1-2H3. The number of carbonyl (C=O) groups excluding carboxylic acids is 2. The lowest BCUT2D eigenvalue weighted by Gasteiger charge is -2.29. The first-order chi connectivity index (χ1) is 11.2. The molecule has 3 heteroatoms. The van der Waals surface area contributed by atoms with Gasteiger partial charge in [0.1, 0.15) is 0 Å². The molecule has 2 aliphatic carbocycles. The van der Waals surface area contributed by atoms with Gasteiger partial charge in [0.2, 0.25) is 5.91 Å². The van der Waals surface area contributed by atoms with Gasteiger partial charge in [-0.3, -0.25) is 9.59 Å². The van der Waals surface area contributed by atoms with Crippen LogP contribution >= 0.6 is 0 Å². The Bertz CT molecular complexity index is 391. The molecule has 2 fully saturated rings. The number of rotatable bonds is 4. The molecule has 4 unspecified atom stereocenters. The average molecular weight is 340 g/mol. The van der Waals surface area contributed by atoms with Crippen LogP contribution in [0.15, 0.2) is 0 Å². The van der Waals surface area contributed by atoms with Crippen molar-refractivity contribution >= 4 is 11.7 Å². The van der Waals surface area contributed by atoms with E-state index in [4.69, 9.17) is 0 Å². The van der Waals surface area contributed by atoms with Crippen molar-refractivity contribution < 1.29 is 9.59 Å². The number of Topliss-reactive ketones (excluding diaryl/α,β-unsaturated/α-hetero) is 1. The maximum Gasteiger partial charge on any atom is 0.224 e. The summed E-state index contributed by atoms with van der Waals surface area (Å²) in [6.07, 6.45) is 5.21. The molecule has 3 nitrogen and oxygen atoms in total. The molecule has 2 rings (SSSR count).